The third-order valence-electron chi connectivity index (χ3n) is 2.33. The highest BCUT2D eigenvalue weighted by Crippen LogP contribution is 2.14. The minimum atomic E-state index is -3.74. The molecule has 0 fully saturated rings. The Kier molecular flexibility index (Phi) is 4.38. The topological polar surface area (TPSA) is 63.2 Å². The van der Waals surface area contributed by atoms with Crippen molar-refractivity contribution in [3.8, 4) is 0 Å². The van der Waals surface area contributed by atoms with Gasteiger partial charge < -0.3 is 0 Å². The number of nitrogens with one attached hydrogen (secondary N) is 1. The van der Waals surface area contributed by atoms with Gasteiger partial charge in [-0.25, -0.2) is 13.1 Å². The molecule has 0 spiro atoms. The van der Waals surface area contributed by atoms with Crippen molar-refractivity contribution < 1.29 is 13.2 Å². The smallest absolute Gasteiger partial charge is 0.264 e. The normalized spacial score (nSPS) is 11.2. The molecule has 1 amide bonds. The molecule has 0 aliphatic rings. The Hall–Kier alpha value is -1.18. The van der Waals surface area contributed by atoms with Crippen LogP contribution in [0.4, 0.5) is 0 Å². The fourth-order valence-electron chi connectivity index (χ4n) is 1.44. The van der Waals surface area contributed by atoms with Gasteiger partial charge in [0, 0.05) is 9.85 Å². The molecule has 1 N–H and O–H groups in total. The van der Waals surface area contributed by atoms with Gasteiger partial charge >= 0.3 is 0 Å². The molecule has 100 valence electrons. The van der Waals surface area contributed by atoms with Crippen molar-refractivity contribution >= 4 is 43.2 Å². The van der Waals surface area contributed by atoms with Crippen molar-refractivity contribution in [1.29, 1.82) is 0 Å². The number of carbonyl (C=O) groups excluding carboxylic acids is 1. The van der Waals surface area contributed by atoms with Gasteiger partial charge in [-0.05, 0) is 29.1 Å². The Morgan fingerprint density at radius 2 is 1.89 bits per heavy atom. The molecular weight excluding hydrogens is 350 g/mol. The van der Waals surface area contributed by atoms with Crippen molar-refractivity contribution in [2.75, 3.05) is 0 Å². The summed E-state index contributed by atoms with van der Waals surface area (Å²) in [6.07, 6.45) is 0.0245. The Bertz CT molecular complexity index is 664. The highest BCUT2D eigenvalue weighted by Gasteiger charge is 2.17. The lowest BCUT2D eigenvalue weighted by Gasteiger charge is -2.05. The Labute approximate surface area is 123 Å². The maximum Gasteiger partial charge on any atom is 0.264 e. The van der Waals surface area contributed by atoms with E-state index in [2.05, 4.69) is 15.9 Å². The van der Waals surface area contributed by atoms with Gasteiger partial charge in [0.1, 0.15) is 0 Å². The van der Waals surface area contributed by atoms with E-state index in [1.807, 2.05) is 4.72 Å². The molecule has 1 aromatic heterocycles. The van der Waals surface area contributed by atoms with Gasteiger partial charge in [-0.15, -0.1) is 0 Å². The predicted molar refractivity (Wildman–Crippen MR) is 77.5 cm³/mol. The summed E-state index contributed by atoms with van der Waals surface area (Å²) < 4.78 is 26.6. The molecule has 7 heteroatoms. The van der Waals surface area contributed by atoms with Crippen molar-refractivity contribution in [1.82, 2.24) is 4.72 Å². The van der Waals surface area contributed by atoms with Crippen LogP contribution in [0.25, 0.3) is 0 Å². The highest BCUT2D eigenvalue weighted by molar-refractivity contribution is 9.10. The fraction of sp³-hybridized carbons (Fsp3) is 0.0833. The van der Waals surface area contributed by atoms with E-state index < -0.39 is 15.9 Å². The highest BCUT2D eigenvalue weighted by atomic mass is 79.9. The second-order valence-electron chi connectivity index (χ2n) is 3.79. The summed E-state index contributed by atoms with van der Waals surface area (Å²) in [4.78, 5) is 11.8. The maximum atomic E-state index is 11.8. The molecule has 1 heterocycles. The first-order valence-corrected chi connectivity index (χ1v) is 8.51. The zero-order valence-electron chi connectivity index (χ0n) is 9.67. The van der Waals surface area contributed by atoms with Gasteiger partial charge in [0.25, 0.3) is 10.0 Å². The number of hydrogen-bond donors (Lipinski definition) is 1. The lowest BCUT2D eigenvalue weighted by Crippen LogP contribution is -2.31. The minimum absolute atomic E-state index is 0.0245. The third-order valence-corrected chi connectivity index (χ3v) is 5.06. The Morgan fingerprint density at radius 3 is 2.47 bits per heavy atom. The molecule has 2 rings (SSSR count). The number of thiophene rings is 1. The summed E-state index contributed by atoms with van der Waals surface area (Å²) in [5.74, 6) is -0.548. The Morgan fingerprint density at radius 1 is 1.21 bits per heavy atom. The molecule has 0 aliphatic heterocycles. The standard InChI is InChI=1S/C12H10BrNO3S2/c13-10-3-1-9(2-4-10)7-12(15)14-19(16,17)11-5-6-18-8-11/h1-6,8H,7H2,(H,14,15). The molecule has 2 aromatic rings. The van der Waals surface area contributed by atoms with Crippen LogP contribution in [0.1, 0.15) is 5.56 Å². The fourth-order valence-corrected chi connectivity index (χ4v) is 3.71. The van der Waals surface area contributed by atoms with E-state index in [4.69, 9.17) is 0 Å². The first-order valence-electron chi connectivity index (χ1n) is 5.30. The molecule has 0 saturated carbocycles. The summed E-state index contributed by atoms with van der Waals surface area (Å²) in [5.41, 5.74) is 0.751. The SMILES string of the molecule is O=C(Cc1ccc(Br)cc1)NS(=O)(=O)c1ccsc1. The van der Waals surface area contributed by atoms with E-state index >= 15 is 0 Å². The number of benzene rings is 1. The van der Waals surface area contributed by atoms with E-state index in [-0.39, 0.29) is 11.3 Å². The maximum absolute atomic E-state index is 11.8. The molecule has 0 radical (unpaired) electrons. The van der Waals surface area contributed by atoms with E-state index in [9.17, 15) is 13.2 Å². The van der Waals surface area contributed by atoms with Crippen LogP contribution in [0.15, 0.2) is 50.5 Å². The van der Waals surface area contributed by atoms with Crippen LogP contribution < -0.4 is 4.72 Å². The molecule has 0 atom stereocenters. The molecule has 4 nitrogen and oxygen atoms in total. The van der Waals surface area contributed by atoms with Crippen LogP contribution in [0.3, 0.4) is 0 Å². The Balaban J connectivity index is 2.04. The first-order chi connectivity index (χ1) is 8.97. The van der Waals surface area contributed by atoms with Gasteiger partial charge in [0.2, 0.25) is 5.91 Å². The van der Waals surface area contributed by atoms with Crippen molar-refractivity contribution in [3.05, 3.63) is 51.1 Å². The number of carbonyl (C=O) groups is 1. The van der Waals surface area contributed by atoms with Crippen LogP contribution >= 0.6 is 27.3 Å². The van der Waals surface area contributed by atoms with E-state index in [1.165, 1.54) is 22.8 Å². The van der Waals surface area contributed by atoms with Crippen molar-refractivity contribution in [2.45, 2.75) is 11.3 Å². The second-order valence-corrected chi connectivity index (χ2v) is 7.17. The quantitative estimate of drug-likeness (QED) is 0.912. The largest absolute Gasteiger partial charge is 0.274 e. The number of halogens is 1. The lowest BCUT2D eigenvalue weighted by atomic mass is 10.1. The van der Waals surface area contributed by atoms with Crippen molar-refractivity contribution in [3.63, 3.8) is 0 Å². The predicted octanol–water partition coefficient (Wildman–Crippen LogP) is 2.56. The van der Waals surface area contributed by atoms with Crippen molar-refractivity contribution in [2.24, 2.45) is 0 Å². The third kappa shape index (κ3) is 3.89. The van der Waals surface area contributed by atoms with Gasteiger partial charge in [-0.3, -0.25) is 4.79 Å². The lowest BCUT2D eigenvalue weighted by molar-refractivity contribution is -0.118. The average molecular weight is 360 g/mol. The van der Waals surface area contributed by atoms with Gasteiger partial charge in [-0.1, -0.05) is 28.1 Å². The van der Waals surface area contributed by atoms with Crippen LogP contribution in [0.2, 0.25) is 0 Å². The molecule has 19 heavy (non-hydrogen) atoms. The monoisotopic (exact) mass is 359 g/mol. The van der Waals surface area contributed by atoms with E-state index in [0.717, 1.165) is 10.0 Å². The number of rotatable bonds is 4. The first kappa shape index (κ1) is 14.2. The van der Waals surface area contributed by atoms with Gasteiger partial charge in [0.15, 0.2) is 0 Å². The number of sulfonamides is 1. The molecule has 0 unspecified atom stereocenters. The van der Waals surface area contributed by atoms with Crippen LogP contribution in [0, 0.1) is 0 Å². The zero-order valence-corrected chi connectivity index (χ0v) is 12.9. The molecule has 1 aromatic carbocycles. The summed E-state index contributed by atoms with van der Waals surface area (Å²) in [5, 5.41) is 3.13. The number of amides is 1. The summed E-state index contributed by atoms with van der Waals surface area (Å²) in [6, 6.07) is 8.59. The average Bonchev–Trinajstić information content (AvgIpc) is 2.85. The second kappa shape index (κ2) is 5.85. The van der Waals surface area contributed by atoms with Crippen LogP contribution in [-0.4, -0.2) is 14.3 Å². The van der Waals surface area contributed by atoms with E-state index in [0.29, 0.717) is 0 Å². The summed E-state index contributed by atoms with van der Waals surface area (Å²) in [6.45, 7) is 0. The molecule has 0 aliphatic carbocycles. The zero-order chi connectivity index (χ0) is 13.9. The molecule has 0 saturated heterocycles. The summed E-state index contributed by atoms with van der Waals surface area (Å²) >= 11 is 4.55. The van der Waals surface area contributed by atoms with Crippen LogP contribution in [0.5, 0.6) is 0 Å². The van der Waals surface area contributed by atoms with E-state index in [1.54, 1.807) is 29.6 Å². The summed E-state index contributed by atoms with van der Waals surface area (Å²) in [7, 11) is -3.74. The van der Waals surface area contributed by atoms with Crippen LogP contribution in [-0.2, 0) is 21.2 Å². The van der Waals surface area contributed by atoms with Gasteiger partial charge in [0.05, 0.1) is 11.3 Å². The minimum Gasteiger partial charge on any atom is -0.274 e. The molecular formula is C12H10BrNO3S2. The van der Waals surface area contributed by atoms with Gasteiger partial charge in [-0.2, -0.15) is 11.3 Å². The molecule has 0 bridgehead atoms. The number of hydrogen-bond acceptors (Lipinski definition) is 4.